The van der Waals surface area contributed by atoms with E-state index in [1.807, 2.05) is 18.2 Å². The summed E-state index contributed by atoms with van der Waals surface area (Å²) < 4.78 is 2.34. The summed E-state index contributed by atoms with van der Waals surface area (Å²) in [6, 6.07) is 8.47. The molecule has 2 aromatic rings. The van der Waals surface area contributed by atoms with Gasteiger partial charge in [-0.15, -0.1) is 10.2 Å². The summed E-state index contributed by atoms with van der Waals surface area (Å²) in [6.45, 7) is 6.79. The third kappa shape index (κ3) is 5.91. The maximum Gasteiger partial charge on any atom is 0.191 e. The van der Waals surface area contributed by atoms with Gasteiger partial charge in [0.05, 0.1) is 0 Å². The summed E-state index contributed by atoms with van der Waals surface area (Å²) in [4.78, 5) is 7.20. The molecule has 0 amide bonds. The molecule has 2 aliphatic rings. The predicted molar refractivity (Wildman–Crippen MR) is 127 cm³/mol. The molecular weight excluding hydrogens is 410 g/mol. The number of aliphatic imine (C=N–C) groups is 1. The van der Waals surface area contributed by atoms with Crippen LogP contribution in [0.3, 0.4) is 0 Å². The van der Waals surface area contributed by atoms with Crippen molar-refractivity contribution < 1.29 is 0 Å². The summed E-state index contributed by atoms with van der Waals surface area (Å²) in [6.07, 6.45) is 7.82. The van der Waals surface area contributed by atoms with Crippen LogP contribution in [0.2, 0.25) is 5.02 Å². The molecule has 1 aromatic heterocycles. The van der Waals surface area contributed by atoms with Gasteiger partial charge in [-0.1, -0.05) is 24.1 Å². The van der Waals surface area contributed by atoms with Crippen LogP contribution in [0.25, 0.3) is 0 Å². The number of rotatable bonds is 7. The second kappa shape index (κ2) is 10.8. The molecule has 3 heterocycles. The lowest BCUT2D eigenvalue weighted by Gasteiger charge is -2.20. The highest BCUT2D eigenvalue weighted by Crippen LogP contribution is 2.23. The van der Waals surface area contributed by atoms with E-state index in [0.29, 0.717) is 6.04 Å². The number of hydrogen-bond donors (Lipinski definition) is 2. The third-order valence-electron chi connectivity index (χ3n) is 6.06. The molecule has 0 spiro atoms. The first-order chi connectivity index (χ1) is 15.2. The summed E-state index contributed by atoms with van der Waals surface area (Å²) in [7, 11) is 0. The summed E-state index contributed by atoms with van der Waals surface area (Å²) in [5.41, 5.74) is 1.19. The van der Waals surface area contributed by atoms with Gasteiger partial charge < -0.3 is 20.1 Å². The van der Waals surface area contributed by atoms with Crippen molar-refractivity contribution >= 4 is 23.2 Å². The number of guanidine groups is 1. The smallest absolute Gasteiger partial charge is 0.191 e. The molecule has 0 bridgehead atoms. The number of halogens is 1. The van der Waals surface area contributed by atoms with E-state index in [1.165, 1.54) is 24.9 Å². The summed E-state index contributed by atoms with van der Waals surface area (Å²) >= 11 is 6.16. The molecular formula is C23H34ClN7. The summed E-state index contributed by atoms with van der Waals surface area (Å²) in [5.74, 6) is 3.19. The molecule has 2 N–H and O–H groups in total. The predicted octanol–water partition coefficient (Wildman–Crippen LogP) is 3.42. The lowest BCUT2D eigenvalue weighted by molar-refractivity contribution is 0.596. The first-order valence-corrected chi connectivity index (χ1v) is 12.1. The normalized spacial score (nSPS) is 19.2. The Morgan fingerprint density at radius 3 is 3.03 bits per heavy atom. The van der Waals surface area contributed by atoms with E-state index in [2.05, 4.69) is 43.3 Å². The standard InChI is InChI=1S/C23H34ClN7/c1-2-25-23(27-19-12-15-30(17-19)20-9-6-8-18(24)16-20)26-13-7-11-22-29-28-21-10-4-3-5-14-31(21)22/h6,8-9,16,19H,2-5,7,10-15,17H2,1H3,(H2,25,26,27). The Bertz CT molecular complexity index is 879. The van der Waals surface area contributed by atoms with Crippen LogP contribution in [-0.2, 0) is 19.4 Å². The molecule has 1 aromatic carbocycles. The number of hydrogen-bond acceptors (Lipinski definition) is 4. The van der Waals surface area contributed by atoms with E-state index in [-0.39, 0.29) is 0 Å². The molecule has 1 saturated heterocycles. The minimum atomic E-state index is 0.379. The van der Waals surface area contributed by atoms with E-state index in [4.69, 9.17) is 16.6 Å². The lowest BCUT2D eigenvalue weighted by Crippen LogP contribution is -2.44. The molecule has 1 atom stereocenters. The molecule has 0 saturated carbocycles. The second-order valence-electron chi connectivity index (χ2n) is 8.41. The van der Waals surface area contributed by atoms with E-state index < -0.39 is 0 Å². The average molecular weight is 444 g/mol. The molecule has 2 aliphatic heterocycles. The van der Waals surface area contributed by atoms with Gasteiger partial charge in [0.15, 0.2) is 5.96 Å². The Hall–Kier alpha value is -2.28. The Morgan fingerprint density at radius 2 is 2.16 bits per heavy atom. The second-order valence-corrected chi connectivity index (χ2v) is 8.85. The van der Waals surface area contributed by atoms with Gasteiger partial charge in [-0.3, -0.25) is 4.99 Å². The number of nitrogens with zero attached hydrogens (tertiary/aromatic N) is 5. The fourth-order valence-corrected chi connectivity index (χ4v) is 4.64. The molecule has 7 nitrogen and oxygen atoms in total. The van der Waals surface area contributed by atoms with E-state index in [0.717, 1.165) is 81.0 Å². The van der Waals surface area contributed by atoms with Gasteiger partial charge in [-0.2, -0.15) is 0 Å². The van der Waals surface area contributed by atoms with Crippen molar-refractivity contribution in [2.24, 2.45) is 4.99 Å². The fraction of sp³-hybridized carbons (Fsp3) is 0.609. The highest BCUT2D eigenvalue weighted by Gasteiger charge is 2.23. The van der Waals surface area contributed by atoms with Gasteiger partial charge in [0, 0.05) is 62.3 Å². The zero-order chi connectivity index (χ0) is 21.5. The number of aryl methyl sites for hydroxylation is 2. The van der Waals surface area contributed by atoms with E-state index in [1.54, 1.807) is 0 Å². The third-order valence-corrected chi connectivity index (χ3v) is 6.30. The van der Waals surface area contributed by atoms with Crippen molar-refractivity contribution in [3.05, 3.63) is 40.9 Å². The van der Waals surface area contributed by atoms with Crippen molar-refractivity contribution in [3.8, 4) is 0 Å². The van der Waals surface area contributed by atoms with E-state index >= 15 is 0 Å². The van der Waals surface area contributed by atoms with Gasteiger partial charge in [0.2, 0.25) is 0 Å². The van der Waals surface area contributed by atoms with Crippen LogP contribution in [0.4, 0.5) is 5.69 Å². The number of nitrogens with one attached hydrogen (secondary N) is 2. The number of benzene rings is 1. The zero-order valence-corrected chi connectivity index (χ0v) is 19.2. The SMILES string of the molecule is CCNC(=NCCCc1nnc2n1CCCCC2)NC1CCN(c2cccc(Cl)c2)C1. The molecule has 0 radical (unpaired) electrons. The Morgan fingerprint density at radius 1 is 1.23 bits per heavy atom. The van der Waals surface area contributed by atoms with Crippen LogP contribution in [0.15, 0.2) is 29.3 Å². The fourth-order valence-electron chi connectivity index (χ4n) is 4.46. The first-order valence-electron chi connectivity index (χ1n) is 11.7. The van der Waals surface area contributed by atoms with Crippen LogP contribution in [-0.4, -0.2) is 52.9 Å². The van der Waals surface area contributed by atoms with Crippen molar-refractivity contribution in [1.82, 2.24) is 25.4 Å². The number of fused-ring (bicyclic) bond motifs is 1. The van der Waals surface area contributed by atoms with Crippen LogP contribution in [0.5, 0.6) is 0 Å². The van der Waals surface area contributed by atoms with Gasteiger partial charge in [-0.25, -0.2) is 0 Å². The van der Waals surface area contributed by atoms with Crippen molar-refractivity contribution in [2.75, 3.05) is 31.1 Å². The monoisotopic (exact) mass is 443 g/mol. The maximum absolute atomic E-state index is 6.16. The molecule has 1 unspecified atom stereocenters. The molecule has 4 rings (SSSR count). The quantitative estimate of drug-likeness (QED) is 0.389. The summed E-state index contributed by atoms with van der Waals surface area (Å²) in [5, 5.41) is 16.6. The van der Waals surface area contributed by atoms with Crippen molar-refractivity contribution in [2.45, 2.75) is 64.5 Å². The minimum absolute atomic E-state index is 0.379. The highest BCUT2D eigenvalue weighted by atomic mass is 35.5. The molecule has 8 heteroatoms. The van der Waals surface area contributed by atoms with Crippen molar-refractivity contribution in [1.29, 1.82) is 0 Å². The highest BCUT2D eigenvalue weighted by molar-refractivity contribution is 6.30. The van der Waals surface area contributed by atoms with Crippen LogP contribution < -0.4 is 15.5 Å². The number of anilines is 1. The van der Waals surface area contributed by atoms with Crippen molar-refractivity contribution in [3.63, 3.8) is 0 Å². The topological polar surface area (TPSA) is 70.4 Å². The number of aromatic nitrogens is 3. The molecule has 0 aliphatic carbocycles. The Balaban J connectivity index is 1.27. The van der Waals surface area contributed by atoms with Gasteiger partial charge in [0.25, 0.3) is 0 Å². The molecule has 1 fully saturated rings. The zero-order valence-electron chi connectivity index (χ0n) is 18.5. The Kier molecular flexibility index (Phi) is 7.67. The van der Waals surface area contributed by atoms with Crippen LogP contribution in [0.1, 0.15) is 50.7 Å². The molecule has 31 heavy (non-hydrogen) atoms. The average Bonchev–Trinajstić information content (AvgIpc) is 3.31. The minimum Gasteiger partial charge on any atom is -0.369 e. The first kappa shape index (κ1) is 21.9. The molecule has 168 valence electrons. The lowest BCUT2D eigenvalue weighted by atomic mass is 10.2. The van der Waals surface area contributed by atoms with Gasteiger partial charge in [0.1, 0.15) is 11.6 Å². The Labute approximate surface area is 190 Å². The largest absolute Gasteiger partial charge is 0.369 e. The van der Waals surface area contributed by atoms with Gasteiger partial charge in [-0.05, 0) is 50.8 Å². The van der Waals surface area contributed by atoms with E-state index in [9.17, 15) is 0 Å². The van der Waals surface area contributed by atoms with Gasteiger partial charge >= 0.3 is 0 Å². The van der Waals surface area contributed by atoms with Crippen LogP contribution >= 0.6 is 11.6 Å². The maximum atomic E-state index is 6.16. The van der Waals surface area contributed by atoms with Crippen LogP contribution in [0, 0.1) is 0 Å².